The number of aromatic nitrogens is 3. The molecule has 0 bridgehead atoms. The number of sulfonamides is 1. The molecule has 0 spiro atoms. The van der Waals surface area contributed by atoms with Crippen molar-refractivity contribution in [3.63, 3.8) is 0 Å². The maximum Gasteiger partial charge on any atom is 0.236 e. The maximum atomic E-state index is 11.9. The van der Waals surface area contributed by atoms with E-state index in [9.17, 15) is 8.42 Å². The predicted molar refractivity (Wildman–Crippen MR) is 64.1 cm³/mol. The monoisotopic (exact) mass is 259 g/mol. The van der Waals surface area contributed by atoms with E-state index in [1.807, 2.05) is 0 Å². The second kappa shape index (κ2) is 5.01. The van der Waals surface area contributed by atoms with Gasteiger partial charge in [-0.2, -0.15) is 10.1 Å². The van der Waals surface area contributed by atoms with Crippen LogP contribution in [0, 0.1) is 0 Å². The number of nitrogens with one attached hydrogen (secondary N) is 2. The van der Waals surface area contributed by atoms with Crippen LogP contribution in [-0.4, -0.2) is 41.5 Å². The quantitative estimate of drug-likeness (QED) is 0.775. The fourth-order valence-electron chi connectivity index (χ4n) is 1.90. The van der Waals surface area contributed by atoms with E-state index in [4.69, 9.17) is 0 Å². The summed E-state index contributed by atoms with van der Waals surface area (Å²) in [5.74, 6) is 0.334. The van der Waals surface area contributed by atoms with Gasteiger partial charge in [0.15, 0.2) is 0 Å². The molecule has 1 aromatic rings. The van der Waals surface area contributed by atoms with Gasteiger partial charge in [-0.15, -0.1) is 0 Å². The van der Waals surface area contributed by atoms with Gasteiger partial charge < -0.3 is 5.32 Å². The summed E-state index contributed by atoms with van der Waals surface area (Å²) in [6, 6.07) is 0.0366. The molecule has 1 aliphatic heterocycles. The Balaban J connectivity index is 1.97. The molecule has 0 saturated carbocycles. The first-order valence-electron chi connectivity index (χ1n) is 5.65. The van der Waals surface area contributed by atoms with Gasteiger partial charge in [-0.1, -0.05) is 6.42 Å². The minimum absolute atomic E-state index is 0.0366. The third-order valence-corrected chi connectivity index (χ3v) is 4.13. The van der Waals surface area contributed by atoms with Crippen LogP contribution in [0.3, 0.4) is 0 Å². The highest BCUT2D eigenvalue weighted by molar-refractivity contribution is 7.92. The second-order valence-electron chi connectivity index (χ2n) is 4.24. The highest BCUT2D eigenvalue weighted by Gasteiger charge is 2.21. The van der Waals surface area contributed by atoms with Crippen LogP contribution in [0.15, 0.2) is 6.33 Å². The number of hydrogen-bond donors (Lipinski definition) is 2. The van der Waals surface area contributed by atoms with E-state index >= 15 is 0 Å². The van der Waals surface area contributed by atoms with Gasteiger partial charge in [0, 0.05) is 13.1 Å². The van der Waals surface area contributed by atoms with Crippen molar-refractivity contribution in [2.24, 2.45) is 7.05 Å². The molecule has 7 nitrogen and oxygen atoms in total. The Morgan fingerprint density at radius 2 is 2.41 bits per heavy atom. The zero-order chi connectivity index (χ0) is 12.3. The first-order chi connectivity index (χ1) is 8.07. The molecule has 2 N–H and O–H groups in total. The zero-order valence-corrected chi connectivity index (χ0v) is 10.6. The fraction of sp³-hybridized carbons (Fsp3) is 0.778. The lowest BCUT2D eigenvalue weighted by molar-refractivity contribution is 0.424. The topological polar surface area (TPSA) is 88.9 Å². The average Bonchev–Trinajstić information content (AvgIpc) is 2.64. The summed E-state index contributed by atoms with van der Waals surface area (Å²) in [5.41, 5.74) is 0. The Labute approximate surface area is 101 Å². The van der Waals surface area contributed by atoms with E-state index in [1.54, 1.807) is 7.05 Å². The third-order valence-electron chi connectivity index (χ3n) is 2.79. The second-order valence-corrected chi connectivity index (χ2v) is 6.00. The van der Waals surface area contributed by atoms with Gasteiger partial charge in [0.05, 0.1) is 5.75 Å². The van der Waals surface area contributed by atoms with Gasteiger partial charge in [0.1, 0.15) is 6.33 Å². The maximum absolute atomic E-state index is 11.9. The molecule has 1 fully saturated rings. The van der Waals surface area contributed by atoms with Gasteiger partial charge in [0.2, 0.25) is 16.0 Å². The van der Waals surface area contributed by atoms with Crippen molar-refractivity contribution in [2.45, 2.75) is 25.3 Å². The SMILES string of the molecule is Cn1ncnc1NS(=O)(=O)CC1CCCCN1. The third kappa shape index (κ3) is 3.40. The van der Waals surface area contributed by atoms with Gasteiger partial charge in [-0.05, 0) is 19.4 Å². The van der Waals surface area contributed by atoms with Crippen LogP contribution in [0.1, 0.15) is 19.3 Å². The van der Waals surface area contributed by atoms with Crippen molar-refractivity contribution in [3.05, 3.63) is 6.33 Å². The van der Waals surface area contributed by atoms with Crippen molar-refractivity contribution < 1.29 is 8.42 Å². The highest BCUT2D eigenvalue weighted by Crippen LogP contribution is 2.10. The zero-order valence-electron chi connectivity index (χ0n) is 9.76. The molecule has 2 heterocycles. The molecule has 0 radical (unpaired) electrons. The minimum Gasteiger partial charge on any atom is -0.313 e. The lowest BCUT2D eigenvalue weighted by atomic mass is 10.1. The fourth-order valence-corrected chi connectivity index (χ4v) is 3.26. The molecular formula is C9H17N5O2S. The smallest absolute Gasteiger partial charge is 0.236 e. The van der Waals surface area contributed by atoms with Crippen LogP contribution in [0.4, 0.5) is 5.95 Å². The lowest BCUT2D eigenvalue weighted by Gasteiger charge is -2.23. The number of piperidine rings is 1. The number of nitrogens with zero attached hydrogens (tertiary/aromatic N) is 3. The van der Waals surface area contributed by atoms with E-state index in [-0.39, 0.29) is 17.7 Å². The number of rotatable bonds is 4. The standard InChI is InChI=1S/C9H17N5O2S/c1-14-9(11-7-12-14)13-17(15,16)6-8-4-2-3-5-10-8/h7-8,10H,2-6H2,1H3,(H,11,12,13). The molecule has 0 amide bonds. The van der Waals surface area contributed by atoms with Crippen molar-refractivity contribution in [1.29, 1.82) is 0 Å². The van der Waals surface area contributed by atoms with Gasteiger partial charge in [0.25, 0.3) is 0 Å². The first kappa shape index (κ1) is 12.3. The predicted octanol–water partition coefficient (Wildman–Crippen LogP) is -0.301. The summed E-state index contributed by atoms with van der Waals surface area (Å²) in [5, 5.41) is 7.02. The van der Waals surface area contributed by atoms with E-state index in [0.717, 1.165) is 25.8 Å². The largest absolute Gasteiger partial charge is 0.313 e. The van der Waals surface area contributed by atoms with Crippen LogP contribution in [0.2, 0.25) is 0 Å². The Morgan fingerprint density at radius 3 is 3.00 bits per heavy atom. The minimum atomic E-state index is -3.36. The molecule has 1 unspecified atom stereocenters. The molecule has 1 saturated heterocycles. The summed E-state index contributed by atoms with van der Waals surface area (Å²) in [7, 11) is -1.72. The molecule has 0 aromatic carbocycles. The molecular weight excluding hydrogens is 242 g/mol. The molecule has 1 aliphatic rings. The molecule has 1 aromatic heterocycles. The van der Waals surface area contributed by atoms with Crippen LogP contribution in [0.25, 0.3) is 0 Å². The van der Waals surface area contributed by atoms with Crippen LogP contribution in [0.5, 0.6) is 0 Å². The van der Waals surface area contributed by atoms with E-state index in [0.29, 0.717) is 0 Å². The molecule has 8 heteroatoms. The number of aryl methyl sites for hydroxylation is 1. The van der Waals surface area contributed by atoms with E-state index in [2.05, 4.69) is 20.1 Å². The average molecular weight is 259 g/mol. The van der Waals surface area contributed by atoms with Crippen molar-refractivity contribution >= 4 is 16.0 Å². The first-order valence-corrected chi connectivity index (χ1v) is 7.30. The Kier molecular flexibility index (Phi) is 3.63. The Hall–Kier alpha value is -1.15. The molecule has 0 aliphatic carbocycles. The summed E-state index contributed by atoms with van der Waals surface area (Å²) in [6.45, 7) is 0.893. The Morgan fingerprint density at radius 1 is 1.59 bits per heavy atom. The highest BCUT2D eigenvalue weighted by atomic mass is 32.2. The van der Waals surface area contributed by atoms with Crippen molar-refractivity contribution in [2.75, 3.05) is 17.0 Å². The molecule has 17 heavy (non-hydrogen) atoms. The van der Waals surface area contributed by atoms with Gasteiger partial charge in [-0.3, -0.25) is 4.72 Å². The van der Waals surface area contributed by atoms with Crippen molar-refractivity contribution in [3.8, 4) is 0 Å². The number of hydrogen-bond acceptors (Lipinski definition) is 5. The number of anilines is 1. The molecule has 1 atom stereocenters. The summed E-state index contributed by atoms with van der Waals surface area (Å²) in [4.78, 5) is 3.84. The normalized spacial score (nSPS) is 21.4. The van der Waals surface area contributed by atoms with Crippen molar-refractivity contribution in [1.82, 2.24) is 20.1 Å². The molecule has 96 valence electrons. The van der Waals surface area contributed by atoms with Crippen LogP contribution in [-0.2, 0) is 17.1 Å². The summed E-state index contributed by atoms with van der Waals surface area (Å²) in [6.07, 6.45) is 4.42. The van der Waals surface area contributed by atoms with Gasteiger partial charge in [-0.25, -0.2) is 13.1 Å². The Bertz CT molecular complexity index is 463. The summed E-state index contributed by atoms with van der Waals surface area (Å²) >= 11 is 0. The summed E-state index contributed by atoms with van der Waals surface area (Å²) < 4.78 is 27.6. The van der Waals surface area contributed by atoms with Crippen LogP contribution >= 0.6 is 0 Å². The van der Waals surface area contributed by atoms with E-state index in [1.165, 1.54) is 11.0 Å². The van der Waals surface area contributed by atoms with Crippen LogP contribution < -0.4 is 10.0 Å². The lowest BCUT2D eigenvalue weighted by Crippen LogP contribution is -2.40. The molecule has 2 rings (SSSR count). The van der Waals surface area contributed by atoms with Gasteiger partial charge >= 0.3 is 0 Å². The van der Waals surface area contributed by atoms with E-state index < -0.39 is 10.0 Å².